The highest BCUT2D eigenvalue weighted by Gasteiger charge is 2.28. The second-order valence-electron chi connectivity index (χ2n) is 6.62. The van der Waals surface area contributed by atoms with Crippen LogP contribution in [0.15, 0.2) is 24.3 Å². The summed E-state index contributed by atoms with van der Waals surface area (Å²) in [6.45, 7) is 5.89. The molecule has 0 bridgehead atoms. The van der Waals surface area contributed by atoms with E-state index in [0.29, 0.717) is 22.4 Å². The number of hydrogen-bond donors (Lipinski definition) is 0. The Morgan fingerprint density at radius 3 is 3.00 bits per heavy atom. The first-order chi connectivity index (χ1) is 13.1. The summed E-state index contributed by atoms with van der Waals surface area (Å²) in [5.41, 5.74) is 2.11. The van der Waals surface area contributed by atoms with Gasteiger partial charge in [-0.25, -0.2) is 4.98 Å². The van der Waals surface area contributed by atoms with Crippen molar-refractivity contribution in [2.45, 2.75) is 39.3 Å². The van der Waals surface area contributed by atoms with Crippen LogP contribution >= 0.6 is 22.9 Å². The minimum absolute atomic E-state index is 0.0193. The minimum atomic E-state index is -0.157. The van der Waals surface area contributed by atoms with E-state index < -0.39 is 0 Å². The number of nitrogens with zero attached hydrogens (tertiary/aromatic N) is 4. The Bertz CT molecular complexity index is 977. The van der Waals surface area contributed by atoms with E-state index in [0.717, 1.165) is 41.9 Å². The lowest BCUT2D eigenvalue weighted by atomic mass is 10.2. The van der Waals surface area contributed by atoms with Gasteiger partial charge in [0.25, 0.3) is 5.91 Å². The van der Waals surface area contributed by atoms with Crippen molar-refractivity contribution in [3.8, 4) is 0 Å². The second kappa shape index (κ2) is 7.58. The van der Waals surface area contributed by atoms with Crippen molar-refractivity contribution in [3.63, 3.8) is 0 Å². The molecule has 0 saturated carbocycles. The molecular weight excluding hydrogens is 384 g/mol. The summed E-state index contributed by atoms with van der Waals surface area (Å²) in [5, 5.41) is 5.67. The summed E-state index contributed by atoms with van der Waals surface area (Å²) in [6.07, 6.45) is 1.98. The van der Waals surface area contributed by atoms with Crippen molar-refractivity contribution in [2.24, 2.45) is 0 Å². The first kappa shape index (κ1) is 18.4. The number of para-hydroxylation sites is 1. The molecule has 1 aliphatic rings. The normalized spacial score (nSPS) is 16.9. The van der Waals surface area contributed by atoms with Crippen LogP contribution in [0, 0.1) is 6.92 Å². The third kappa shape index (κ3) is 3.59. The fourth-order valence-corrected chi connectivity index (χ4v) is 4.60. The van der Waals surface area contributed by atoms with Crippen LogP contribution in [0.1, 0.15) is 35.9 Å². The standard InChI is InChI=1S/C19H21ClN4O2S/c1-3-24-12(2)10-15(22-24)18(25)23(11-13-6-5-9-26-13)19-21-17-14(20)7-4-8-16(17)27-19/h4,7-8,10,13H,3,5-6,9,11H2,1-2H3. The van der Waals surface area contributed by atoms with Crippen LogP contribution < -0.4 is 4.90 Å². The van der Waals surface area contributed by atoms with Gasteiger partial charge in [0.15, 0.2) is 10.8 Å². The van der Waals surface area contributed by atoms with E-state index >= 15 is 0 Å². The third-order valence-electron chi connectivity index (χ3n) is 4.74. The molecule has 0 radical (unpaired) electrons. The van der Waals surface area contributed by atoms with Gasteiger partial charge in [-0.3, -0.25) is 14.4 Å². The quantitative estimate of drug-likeness (QED) is 0.636. The number of ether oxygens (including phenoxy) is 1. The van der Waals surface area contributed by atoms with E-state index in [1.54, 1.807) is 4.90 Å². The molecule has 2 aromatic heterocycles. The Labute approximate surface area is 166 Å². The van der Waals surface area contributed by atoms with E-state index in [-0.39, 0.29) is 12.0 Å². The Morgan fingerprint density at radius 1 is 1.48 bits per heavy atom. The minimum Gasteiger partial charge on any atom is -0.376 e. The smallest absolute Gasteiger partial charge is 0.280 e. The van der Waals surface area contributed by atoms with Crippen LogP contribution in [0.2, 0.25) is 5.02 Å². The summed E-state index contributed by atoms with van der Waals surface area (Å²) < 4.78 is 8.55. The van der Waals surface area contributed by atoms with Crippen molar-refractivity contribution in [1.82, 2.24) is 14.8 Å². The number of thiazole rings is 1. The zero-order valence-corrected chi connectivity index (χ0v) is 16.9. The van der Waals surface area contributed by atoms with Gasteiger partial charge in [0, 0.05) is 18.8 Å². The van der Waals surface area contributed by atoms with E-state index in [1.165, 1.54) is 11.3 Å². The number of amides is 1. The van der Waals surface area contributed by atoms with Crippen LogP contribution in [0.4, 0.5) is 5.13 Å². The largest absolute Gasteiger partial charge is 0.376 e. The molecule has 1 unspecified atom stereocenters. The van der Waals surface area contributed by atoms with Crippen molar-refractivity contribution < 1.29 is 9.53 Å². The molecule has 0 aliphatic carbocycles. The Kier molecular flexibility index (Phi) is 5.16. The first-order valence-corrected chi connectivity index (χ1v) is 10.3. The maximum Gasteiger partial charge on any atom is 0.280 e. The second-order valence-corrected chi connectivity index (χ2v) is 8.04. The number of hydrogen-bond acceptors (Lipinski definition) is 5. The monoisotopic (exact) mass is 404 g/mol. The van der Waals surface area contributed by atoms with E-state index in [2.05, 4.69) is 10.1 Å². The van der Waals surface area contributed by atoms with Crippen LogP contribution in [0.3, 0.4) is 0 Å². The number of carbonyl (C=O) groups is 1. The van der Waals surface area contributed by atoms with Gasteiger partial charge in [-0.15, -0.1) is 0 Å². The number of aromatic nitrogens is 3. The van der Waals surface area contributed by atoms with Crippen LogP contribution in [0.25, 0.3) is 10.2 Å². The molecule has 1 saturated heterocycles. The van der Waals surface area contributed by atoms with Gasteiger partial charge in [0.1, 0.15) is 5.52 Å². The fourth-order valence-electron chi connectivity index (χ4n) is 3.33. The molecule has 142 valence electrons. The van der Waals surface area contributed by atoms with E-state index in [9.17, 15) is 4.79 Å². The molecule has 6 nitrogen and oxygen atoms in total. The molecule has 0 N–H and O–H groups in total. The maximum atomic E-state index is 13.3. The van der Waals surface area contributed by atoms with Crippen molar-refractivity contribution in [2.75, 3.05) is 18.1 Å². The topological polar surface area (TPSA) is 60.2 Å². The number of rotatable bonds is 5. The van der Waals surface area contributed by atoms with Crippen molar-refractivity contribution in [3.05, 3.63) is 40.7 Å². The number of benzene rings is 1. The van der Waals surface area contributed by atoms with Crippen molar-refractivity contribution >= 4 is 44.2 Å². The molecule has 1 aromatic carbocycles. The molecule has 27 heavy (non-hydrogen) atoms. The molecule has 0 spiro atoms. The number of anilines is 1. The zero-order valence-electron chi connectivity index (χ0n) is 15.3. The van der Waals surface area contributed by atoms with E-state index in [1.807, 2.05) is 42.8 Å². The lowest BCUT2D eigenvalue weighted by Gasteiger charge is -2.22. The SMILES string of the molecule is CCn1nc(C(=O)N(CC2CCCO2)c2nc3c(Cl)cccc3s2)cc1C. The molecule has 1 amide bonds. The lowest BCUT2D eigenvalue weighted by molar-refractivity contribution is 0.0912. The van der Waals surface area contributed by atoms with Gasteiger partial charge in [-0.2, -0.15) is 5.10 Å². The molecule has 1 aliphatic heterocycles. The highest BCUT2D eigenvalue weighted by molar-refractivity contribution is 7.22. The van der Waals surface area contributed by atoms with Crippen LogP contribution in [0.5, 0.6) is 0 Å². The number of aryl methyl sites for hydroxylation is 2. The third-order valence-corrected chi connectivity index (χ3v) is 6.09. The average molecular weight is 405 g/mol. The Morgan fingerprint density at radius 2 is 2.33 bits per heavy atom. The van der Waals surface area contributed by atoms with Gasteiger partial charge in [0.05, 0.1) is 22.4 Å². The number of fused-ring (bicyclic) bond motifs is 1. The summed E-state index contributed by atoms with van der Waals surface area (Å²) in [5.74, 6) is -0.157. The molecular formula is C19H21ClN4O2S. The predicted molar refractivity (Wildman–Crippen MR) is 108 cm³/mol. The predicted octanol–water partition coefficient (Wildman–Crippen LogP) is 4.30. The molecule has 1 fully saturated rings. The van der Waals surface area contributed by atoms with Crippen molar-refractivity contribution in [1.29, 1.82) is 0 Å². The van der Waals surface area contributed by atoms with Gasteiger partial charge in [-0.1, -0.05) is 29.0 Å². The lowest BCUT2D eigenvalue weighted by Crippen LogP contribution is -2.37. The van der Waals surface area contributed by atoms with Gasteiger partial charge < -0.3 is 4.74 Å². The molecule has 3 aromatic rings. The number of halogens is 1. The van der Waals surface area contributed by atoms with Gasteiger partial charge >= 0.3 is 0 Å². The highest BCUT2D eigenvalue weighted by atomic mass is 35.5. The fraction of sp³-hybridized carbons (Fsp3) is 0.421. The summed E-state index contributed by atoms with van der Waals surface area (Å²) in [6, 6.07) is 7.50. The molecule has 4 rings (SSSR count). The van der Waals surface area contributed by atoms with Gasteiger partial charge in [-0.05, 0) is 44.9 Å². The molecule has 3 heterocycles. The molecule has 8 heteroatoms. The van der Waals surface area contributed by atoms with Gasteiger partial charge in [0.2, 0.25) is 0 Å². The first-order valence-electron chi connectivity index (χ1n) is 9.09. The molecule has 1 atom stereocenters. The van der Waals surface area contributed by atoms with Crippen LogP contribution in [-0.2, 0) is 11.3 Å². The Hall–Kier alpha value is -1.96. The Balaban J connectivity index is 1.72. The summed E-state index contributed by atoms with van der Waals surface area (Å²) in [7, 11) is 0. The summed E-state index contributed by atoms with van der Waals surface area (Å²) in [4.78, 5) is 19.6. The highest BCUT2D eigenvalue weighted by Crippen LogP contribution is 2.34. The zero-order chi connectivity index (χ0) is 19.0. The van der Waals surface area contributed by atoms with Crippen LogP contribution in [-0.4, -0.2) is 39.9 Å². The summed E-state index contributed by atoms with van der Waals surface area (Å²) >= 11 is 7.75. The average Bonchev–Trinajstić information content (AvgIpc) is 3.38. The van der Waals surface area contributed by atoms with E-state index in [4.69, 9.17) is 16.3 Å². The maximum absolute atomic E-state index is 13.3. The number of carbonyl (C=O) groups excluding carboxylic acids is 1.